The Bertz CT molecular complexity index is 667. The molecule has 0 amide bonds. The average molecular weight is 314 g/mol. The lowest BCUT2D eigenvalue weighted by Crippen LogP contribution is -2.40. The van der Waals surface area contributed by atoms with Crippen LogP contribution in [0.4, 0.5) is 4.39 Å². The molecule has 0 aliphatic heterocycles. The number of hydrogen-bond acceptors (Lipinski definition) is 4. The van der Waals surface area contributed by atoms with Crippen LogP contribution in [0.15, 0.2) is 23.1 Å². The van der Waals surface area contributed by atoms with Crippen LogP contribution in [0.25, 0.3) is 0 Å². The summed E-state index contributed by atoms with van der Waals surface area (Å²) in [6.07, 6.45) is 1.34. The van der Waals surface area contributed by atoms with E-state index in [1.54, 1.807) is 0 Å². The molecule has 114 valence electrons. The summed E-state index contributed by atoms with van der Waals surface area (Å²) in [6.45, 7) is 1.84. The second kappa shape index (κ2) is 7.15. The van der Waals surface area contributed by atoms with Gasteiger partial charge in [-0.2, -0.15) is 9.98 Å². The molecule has 0 aromatic heterocycles. The molecule has 0 spiro atoms. The van der Waals surface area contributed by atoms with Crippen molar-refractivity contribution in [1.82, 2.24) is 4.72 Å². The molecule has 6 nitrogen and oxygen atoms in total. The van der Waals surface area contributed by atoms with Crippen LogP contribution in [0.2, 0.25) is 0 Å². The average Bonchev–Trinajstić information content (AvgIpc) is 2.42. The van der Waals surface area contributed by atoms with Crippen molar-refractivity contribution >= 4 is 16.0 Å². The second-order valence-corrected chi connectivity index (χ2v) is 6.06. The number of benzene rings is 1. The van der Waals surface area contributed by atoms with E-state index in [2.05, 4.69) is 0 Å². The van der Waals surface area contributed by atoms with Gasteiger partial charge in [0.25, 0.3) is 0 Å². The Balaban J connectivity index is 3.14. The van der Waals surface area contributed by atoms with E-state index >= 15 is 0 Å². The maximum atomic E-state index is 13.4. The highest BCUT2D eigenvalue weighted by Gasteiger charge is 2.27. The van der Waals surface area contributed by atoms with Crippen LogP contribution in [-0.4, -0.2) is 25.5 Å². The Kier molecular flexibility index (Phi) is 5.81. The molecule has 0 aliphatic carbocycles. The fourth-order valence-electron chi connectivity index (χ4n) is 1.73. The lowest BCUT2D eigenvalue weighted by molar-refractivity contribution is -0.139. The predicted octanol–water partition coefficient (Wildman–Crippen LogP) is 1.62. The van der Waals surface area contributed by atoms with E-state index in [-0.39, 0.29) is 6.42 Å². The van der Waals surface area contributed by atoms with Gasteiger partial charge in [-0.25, -0.2) is 12.8 Å². The summed E-state index contributed by atoms with van der Waals surface area (Å²) < 4.78 is 39.7. The number of carboxylic acid groups (broad SMARTS) is 1. The van der Waals surface area contributed by atoms with Gasteiger partial charge in [0.2, 0.25) is 10.0 Å². The first-order valence-corrected chi connectivity index (χ1v) is 7.75. The van der Waals surface area contributed by atoms with E-state index in [0.717, 1.165) is 18.2 Å². The Hall–Kier alpha value is -1.98. The SMILES string of the molecule is CCCC[C@H](NS(=O)(=O)c1cccc(F)c1C#N)C(=O)O. The van der Waals surface area contributed by atoms with Gasteiger partial charge in [0, 0.05) is 0 Å². The van der Waals surface area contributed by atoms with Gasteiger partial charge in [0.15, 0.2) is 0 Å². The minimum absolute atomic E-state index is 0.113. The van der Waals surface area contributed by atoms with Crippen molar-refractivity contribution in [2.45, 2.75) is 37.1 Å². The first-order valence-electron chi connectivity index (χ1n) is 6.27. The number of carbonyl (C=O) groups is 1. The van der Waals surface area contributed by atoms with Crippen LogP contribution < -0.4 is 4.72 Å². The van der Waals surface area contributed by atoms with Crippen molar-refractivity contribution in [3.05, 3.63) is 29.6 Å². The minimum Gasteiger partial charge on any atom is -0.480 e. The Morgan fingerprint density at radius 1 is 1.52 bits per heavy atom. The molecule has 1 aromatic carbocycles. The molecular formula is C13H15FN2O4S. The third-order valence-corrected chi connectivity index (χ3v) is 4.33. The van der Waals surface area contributed by atoms with Crippen molar-refractivity contribution in [3.8, 4) is 6.07 Å². The summed E-state index contributed by atoms with van der Waals surface area (Å²) in [5.74, 6) is -2.29. The summed E-state index contributed by atoms with van der Waals surface area (Å²) in [4.78, 5) is 10.5. The number of hydrogen-bond donors (Lipinski definition) is 2. The van der Waals surface area contributed by atoms with E-state index < -0.39 is 38.3 Å². The van der Waals surface area contributed by atoms with Crippen LogP contribution in [0.5, 0.6) is 0 Å². The van der Waals surface area contributed by atoms with Crippen molar-refractivity contribution < 1.29 is 22.7 Å². The number of sulfonamides is 1. The number of aliphatic carboxylic acids is 1. The fraction of sp³-hybridized carbons (Fsp3) is 0.385. The molecule has 21 heavy (non-hydrogen) atoms. The van der Waals surface area contributed by atoms with Gasteiger partial charge in [0.1, 0.15) is 28.4 Å². The molecule has 0 saturated carbocycles. The van der Waals surface area contributed by atoms with Gasteiger partial charge >= 0.3 is 5.97 Å². The van der Waals surface area contributed by atoms with E-state index in [0.29, 0.717) is 12.8 Å². The highest BCUT2D eigenvalue weighted by Crippen LogP contribution is 2.18. The summed E-state index contributed by atoms with van der Waals surface area (Å²) in [7, 11) is -4.29. The molecule has 8 heteroatoms. The monoisotopic (exact) mass is 314 g/mol. The van der Waals surface area contributed by atoms with Gasteiger partial charge in [-0.1, -0.05) is 25.8 Å². The Labute approximate surface area is 122 Å². The first-order chi connectivity index (χ1) is 9.83. The molecule has 0 radical (unpaired) electrons. The van der Waals surface area contributed by atoms with Gasteiger partial charge in [0.05, 0.1) is 0 Å². The summed E-state index contributed by atoms with van der Waals surface area (Å²) in [5, 5.41) is 17.9. The molecule has 0 heterocycles. The molecule has 0 saturated heterocycles. The van der Waals surface area contributed by atoms with Crippen LogP contribution in [-0.2, 0) is 14.8 Å². The zero-order valence-electron chi connectivity index (χ0n) is 11.3. The smallest absolute Gasteiger partial charge is 0.321 e. The van der Waals surface area contributed by atoms with Crippen LogP contribution in [0, 0.1) is 17.1 Å². The van der Waals surface area contributed by atoms with Crippen LogP contribution in [0.3, 0.4) is 0 Å². The van der Waals surface area contributed by atoms with Gasteiger partial charge in [-0.05, 0) is 18.6 Å². The highest BCUT2D eigenvalue weighted by atomic mass is 32.2. The third-order valence-electron chi connectivity index (χ3n) is 2.82. The van der Waals surface area contributed by atoms with E-state index in [1.807, 2.05) is 11.6 Å². The molecule has 1 rings (SSSR count). The number of unbranched alkanes of at least 4 members (excludes halogenated alkanes) is 1. The lowest BCUT2D eigenvalue weighted by atomic mass is 10.1. The summed E-state index contributed by atoms with van der Waals surface area (Å²) >= 11 is 0. The van der Waals surface area contributed by atoms with Crippen molar-refractivity contribution in [2.24, 2.45) is 0 Å². The third kappa shape index (κ3) is 4.24. The Morgan fingerprint density at radius 3 is 2.71 bits per heavy atom. The molecule has 0 aliphatic rings. The zero-order valence-corrected chi connectivity index (χ0v) is 12.2. The summed E-state index contributed by atoms with van der Waals surface area (Å²) in [5.41, 5.74) is -0.635. The molecule has 1 atom stereocenters. The number of nitrogens with zero attached hydrogens (tertiary/aromatic N) is 1. The number of nitrogens with one attached hydrogen (secondary N) is 1. The van der Waals surface area contributed by atoms with Crippen LogP contribution in [0.1, 0.15) is 31.7 Å². The van der Waals surface area contributed by atoms with E-state index in [1.165, 1.54) is 6.07 Å². The first kappa shape index (κ1) is 17.1. The van der Waals surface area contributed by atoms with Gasteiger partial charge < -0.3 is 5.11 Å². The number of rotatable bonds is 7. The molecule has 0 fully saturated rings. The summed E-state index contributed by atoms with van der Waals surface area (Å²) in [6, 6.07) is 3.32. The lowest BCUT2D eigenvalue weighted by Gasteiger charge is -2.15. The van der Waals surface area contributed by atoms with Crippen molar-refractivity contribution in [1.29, 1.82) is 5.26 Å². The molecule has 0 unspecified atom stereocenters. The van der Waals surface area contributed by atoms with E-state index in [4.69, 9.17) is 10.4 Å². The quantitative estimate of drug-likeness (QED) is 0.795. The molecule has 0 bridgehead atoms. The van der Waals surface area contributed by atoms with E-state index in [9.17, 15) is 17.6 Å². The zero-order chi connectivity index (χ0) is 16.0. The standard InChI is InChI=1S/C13H15FN2O4S/c1-2-3-6-11(13(17)18)16-21(19,20)12-7-4-5-10(14)9(12)8-15/h4-5,7,11,16H,2-3,6H2,1H3,(H,17,18)/t11-/m0/s1. The maximum Gasteiger partial charge on any atom is 0.321 e. The Morgan fingerprint density at radius 2 is 2.19 bits per heavy atom. The normalized spacial score (nSPS) is 12.6. The van der Waals surface area contributed by atoms with Gasteiger partial charge in [-0.3, -0.25) is 4.79 Å². The van der Waals surface area contributed by atoms with Crippen molar-refractivity contribution in [3.63, 3.8) is 0 Å². The largest absolute Gasteiger partial charge is 0.480 e. The minimum atomic E-state index is -4.29. The topological polar surface area (TPSA) is 107 Å². The maximum absolute atomic E-state index is 13.4. The second-order valence-electron chi connectivity index (χ2n) is 4.38. The van der Waals surface area contributed by atoms with Gasteiger partial charge in [-0.15, -0.1) is 0 Å². The highest BCUT2D eigenvalue weighted by molar-refractivity contribution is 7.89. The van der Waals surface area contributed by atoms with Crippen molar-refractivity contribution in [2.75, 3.05) is 0 Å². The predicted molar refractivity (Wildman–Crippen MR) is 72.4 cm³/mol. The molecule has 2 N–H and O–H groups in total. The number of carboxylic acids is 1. The molecule has 1 aromatic rings. The fourth-order valence-corrected chi connectivity index (χ4v) is 3.12. The number of halogens is 1. The molecular weight excluding hydrogens is 299 g/mol. The van der Waals surface area contributed by atoms with Crippen LogP contribution >= 0.6 is 0 Å². The number of nitriles is 1.